The van der Waals surface area contributed by atoms with Gasteiger partial charge < -0.3 is 11.1 Å². The van der Waals surface area contributed by atoms with Crippen molar-refractivity contribution in [3.05, 3.63) is 0 Å². The number of aliphatic imine (C=N–C) groups is 1. The number of guanidine groups is 1. The third-order valence-corrected chi connectivity index (χ3v) is 4.10. The van der Waals surface area contributed by atoms with E-state index in [2.05, 4.69) is 22.1 Å². The van der Waals surface area contributed by atoms with Gasteiger partial charge >= 0.3 is 0 Å². The number of nitrogens with one attached hydrogen (secondary N) is 1. The molecule has 0 saturated heterocycles. The van der Waals surface area contributed by atoms with Crippen LogP contribution in [0.1, 0.15) is 51.9 Å². The molecule has 0 spiro atoms. The standard InChI is InChI=1S/C14H28N4.HI/c1-2-18(13-8-9-13)11-10-16-14(15)17-12-6-4-3-5-7-12;/h12-13H,2-11H2,1H3,(H3,15,16,17);1H. The fourth-order valence-corrected chi connectivity index (χ4v) is 2.84. The molecule has 3 N–H and O–H groups in total. The van der Waals surface area contributed by atoms with Gasteiger partial charge in [0.1, 0.15) is 0 Å². The molecule has 0 aromatic heterocycles. The van der Waals surface area contributed by atoms with Crippen LogP contribution in [-0.4, -0.2) is 42.6 Å². The largest absolute Gasteiger partial charge is 0.370 e. The average Bonchev–Trinajstić information content (AvgIpc) is 3.20. The van der Waals surface area contributed by atoms with Crippen LogP contribution >= 0.6 is 24.0 Å². The Bertz CT molecular complexity index is 273. The van der Waals surface area contributed by atoms with Gasteiger partial charge in [-0.25, -0.2) is 0 Å². The molecule has 0 heterocycles. The van der Waals surface area contributed by atoms with Crippen LogP contribution in [0.15, 0.2) is 4.99 Å². The highest BCUT2D eigenvalue weighted by atomic mass is 127. The lowest BCUT2D eigenvalue weighted by Crippen LogP contribution is -2.41. The topological polar surface area (TPSA) is 53.6 Å². The van der Waals surface area contributed by atoms with Crippen LogP contribution in [0.2, 0.25) is 0 Å². The molecule has 0 atom stereocenters. The molecule has 0 aromatic rings. The summed E-state index contributed by atoms with van der Waals surface area (Å²) in [6.45, 7) is 5.24. The summed E-state index contributed by atoms with van der Waals surface area (Å²) in [6, 6.07) is 1.39. The van der Waals surface area contributed by atoms with Gasteiger partial charge in [0.2, 0.25) is 0 Å². The highest BCUT2D eigenvalue weighted by Crippen LogP contribution is 2.25. The highest BCUT2D eigenvalue weighted by Gasteiger charge is 2.27. The number of halogens is 1. The second-order valence-corrected chi connectivity index (χ2v) is 5.61. The summed E-state index contributed by atoms with van der Waals surface area (Å²) >= 11 is 0. The third kappa shape index (κ3) is 6.29. The lowest BCUT2D eigenvalue weighted by molar-refractivity contribution is 0.286. The summed E-state index contributed by atoms with van der Waals surface area (Å²) in [7, 11) is 0. The molecule has 0 amide bonds. The van der Waals surface area contributed by atoms with E-state index in [1.165, 1.54) is 44.9 Å². The van der Waals surface area contributed by atoms with Gasteiger partial charge in [-0.15, -0.1) is 24.0 Å². The zero-order chi connectivity index (χ0) is 12.8. The first kappa shape index (κ1) is 17.0. The molecule has 5 heteroatoms. The predicted octanol–water partition coefficient (Wildman–Crippen LogP) is 2.33. The molecule has 2 fully saturated rings. The molecule has 2 aliphatic rings. The van der Waals surface area contributed by atoms with Crippen LogP contribution in [0.5, 0.6) is 0 Å². The Kier molecular flexibility index (Phi) is 8.06. The van der Waals surface area contributed by atoms with Crippen LogP contribution in [0.3, 0.4) is 0 Å². The van der Waals surface area contributed by atoms with Crippen LogP contribution < -0.4 is 11.1 Å². The van der Waals surface area contributed by atoms with Crippen molar-refractivity contribution in [1.82, 2.24) is 10.2 Å². The first-order valence-electron chi connectivity index (χ1n) is 7.60. The molecule has 0 unspecified atom stereocenters. The maximum atomic E-state index is 5.94. The Labute approximate surface area is 134 Å². The highest BCUT2D eigenvalue weighted by molar-refractivity contribution is 14.0. The summed E-state index contributed by atoms with van der Waals surface area (Å²) in [5, 5.41) is 3.36. The summed E-state index contributed by atoms with van der Waals surface area (Å²) in [5.41, 5.74) is 5.94. The van der Waals surface area contributed by atoms with Crippen molar-refractivity contribution in [2.24, 2.45) is 10.7 Å². The van der Waals surface area contributed by atoms with Gasteiger partial charge in [0, 0.05) is 18.6 Å². The quantitative estimate of drug-likeness (QED) is 0.423. The van der Waals surface area contributed by atoms with Crippen LogP contribution in [0, 0.1) is 0 Å². The molecule has 0 bridgehead atoms. The summed E-state index contributed by atoms with van der Waals surface area (Å²) in [5.74, 6) is 0.647. The Morgan fingerprint density at radius 3 is 2.47 bits per heavy atom. The van der Waals surface area contributed by atoms with E-state index in [1.54, 1.807) is 0 Å². The molecule has 19 heavy (non-hydrogen) atoms. The molecular formula is C14H29IN4. The molecular weight excluding hydrogens is 351 g/mol. The Morgan fingerprint density at radius 2 is 1.89 bits per heavy atom. The number of likely N-dealkylation sites (N-methyl/N-ethyl adjacent to an activating group) is 1. The molecule has 2 rings (SSSR count). The van der Waals surface area contributed by atoms with Gasteiger partial charge in [0.15, 0.2) is 5.96 Å². The summed E-state index contributed by atoms with van der Waals surface area (Å²) < 4.78 is 0. The van der Waals surface area contributed by atoms with Crippen molar-refractivity contribution in [2.75, 3.05) is 19.6 Å². The number of nitrogens with two attached hydrogens (primary N) is 1. The van der Waals surface area contributed by atoms with E-state index >= 15 is 0 Å². The van der Waals surface area contributed by atoms with E-state index in [0.29, 0.717) is 12.0 Å². The second-order valence-electron chi connectivity index (χ2n) is 5.61. The van der Waals surface area contributed by atoms with Crippen molar-refractivity contribution < 1.29 is 0 Å². The van der Waals surface area contributed by atoms with E-state index in [0.717, 1.165) is 25.7 Å². The Balaban J connectivity index is 0.00000180. The van der Waals surface area contributed by atoms with Gasteiger partial charge in [0.25, 0.3) is 0 Å². The molecule has 0 aliphatic heterocycles. The maximum absolute atomic E-state index is 5.94. The SMILES string of the molecule is CCN(CCN=C(N)NC1CCCCC1)C1CC1.I. The Hall–Kier alpha value is -0.0400. The molecule has 2 aliphatic carbocycles. The van der Waals surface area contributed by atoms with Crippen molar-refractivity contribution in [2.45, 2.75) is 64.0 Å². The van der Waals surface area contributed by atoms with E-state index < -0.39 is 0 Å². The number of hydrogen-bond donors (Lipinski definition) is 2. The van der Waals surface area contributed by atoms with Crippen molar-refractivity contribution in [3.63, 3.8) is 0 Å². The Morgan fingerprint density at radius 1 is 1.21 bits per heavy atom. The maximum Gasteiger partial charge on any atom is 0.188 e. The fraction of sp³-hybridized carbons (Fsp3) is 0.929. The minimum Gasteiger partial charge on any atom is -0.370 e. The number of rotatable bonds is 6. The summed E-state index contributed by atoms with van der Waals surface area (Å²) in [6.07, 6.45) is 9.27. The normalized spacial score (nSPS) is 21.3. The first-order valence-corrected chi connectivity index (χ1v) is 7.60. The second kappa shape index (κ2) is 9.00. The van der Waals surface area contributed by atoms with Gasteiger partial charge in [-0.05, 0) is 32.2 Å². The molecule has 112 valence electrons. The number of nitrogens with zero attached hydrogens (tertiary/aromatic N) is 2. The molecule has 0 aromatic carbocycles. The molecule has 2 saturated carbocycles. The third-order valence-electron chi connectivity index (χ3n) is 4.10. The lowest BCUT2D eigenvalue weighted by atomic mass is 9.96. The first-order chi connectivity index (χ1) is 8.79. The zero-order valence-corrected chi connectivity index (χ0v) is 14.4. The van der Waals surface area contributed by atoms with Crippen molar-refractivity contribution >= 4 is 29.9 Å². The van der Waals surface area contributed by atoms with E-state index in [9.17, 15) is 0 Å². The predicted molar refractivity (Wildman–Crippen MR) is 92.2 cm³/mol. The molecule has 0 radical (unpaired) electrons. The lowest BCUT2D eigenvalue weighted by Gasteiger charge is -2.23. The van der Waals surface area contributed by atoms with Crippen molar-refractivity contribution in [3.8, 4) is 0 Å². The van der Waals surface area contributed by atoms with Gasteiger partial charge in [-0.3, -0.25) is 9.89 Å². The van der Waals surface area contributed by atoms with Crippen molar-refractivity contribution in [1.29, 1.82) is 0 Å². The fourth-order valence-electron chi connectivity index (χ4n) is 2.84. The minimum absolute atomic E-state index is 0. The smallest absolute Gasteiger partial charge is 0.188 e. The van der Waals surface area contributed by atoms with E-state index in [4.69, 9.17) is 5.73 Å². The van der Waals surface area contributed by atoms with Gasteiger partial charge in [-0.1, -0.05) is 26.2 Å². The summed E-state index contributed by atoms with van der Waals surface area (Å²) in [4.78, 5) is 6.97. The zero-order valence-electron chi connectivity index (χ0n) is 12.1. The van der Waals surface area contributed by atoms with Gasteiger partial charge in [0.05, 0.1) is 6.54 Å². The van der Waals surface area contributed by atoms with Crippen LogP contribution in [-0.2, 0) is 0 Å². The van der Waals surface area contributed by atoms with Crippen LogP contribution in [0.25, 0.3) is 0 Å². The monoisotopic (exact) mass is 380 g/mol. The molecule has 4 nitrogen and oxygen atoms in total. The van der Waals surface area contributed by atoms with Gasteiger partial charge in [-0.2, -0.15) is 0 Å². The van der Waals surface area contributed by atoms with E-state index in [-0.39, 0.29) is 24.0 Å². The van der Waals surface area contributed by atoms with E-state index in [1.807, 2.05) is 0 Å². The average molecular weight is 380 g/mol. The number of hydrogen-bond acceptors (Lipinski definition) is 2. The minimum atomic E-state index is 0. The van der Waals surface area contributed by atoms with Crippen LogP contribution in [0.4, 0.5) is 0 Å².